The zero-order valence-electron chi connectivity index (χ0n) is 16.2. The first-order valence-electron chi connectivity index (χ1n) is 9.76. The van der Waals surface area contributed by atoms with E-state index in [0.717, 1.165) is 32.5 Å². The van der Waals surface area contributed by atoms with Crippen LogP contribution in [-0.2, 0) is 4.79 Å². The first-order valence-corrected chi connectivity index (χ1v) is 10.6. The first-order chi connectivity index (χ1) is 13.1. The van der Waals surface area contributed by atoms with E-state index in [2.05, 4.69) is 71.0 Å². The minimum atomic E-state index is 0. The molecule has 0 unspecified atom stereocenters. The van der Waals surface area contributed by atoms with E-state index in [1.54, 1.807) is 11.8 Å². The Morgan fingerprint density at radius 2 is 1.64 bits per heavy atom. The SMILES string of the molecule is CC1(CNC(=O)CCN2c3ccccc3Sc3ccccc32)CCNCC1.Cl. The van der Waals surface area contributed by atoms with Gasteiger partial charge in [-0.25, -0.2) is 0 Å². The number of carbonyl (C=O) groups excluding carboxylic acids is 1. The predicted molar refractivity (Wildman–Crippen MR) is 119 cm³/mol. The molecule has 0 bridgehead atoms. The molecule has 0 saturated carbocycles. The minimum Gasteiger partial charge on any atom is -0.355 e. The predicted octanol–water partition coefficient (Wildman–Crippen LogP) is 4.61. The van der Waals surface area contributed by atoms with Crippen molar-refractivity contribution in [2.24, 2.45) is 5.41 Å². The van der Waals surface area contributed by atoms with E-state index in [-0.39, 0.29) is 23.7 Å². The lowest BCUT2D eigenvalue weighted by atomic mass is 9.81. The molecule has 2 aliphatic rings. The summed E-state index contributed by atoms with van der Waals surface area (Å²) in [5, 5.41) is 6.57. The van der Waals surface area contributed by atoms with Crippen LogP contribution in [0.4, 0.5) is 11.4 Å². The largest absolute Gasteiger partial charge is 0.355 e. The molecule has 28 heavy (non-hydrogen) atoms. The maximum atomic E-state index is 12.5. The molecule has 2 aromatic rings. The van der Waals surface area contributed by atoms with E-state index in [1.165, 1.54) is 21.2 Å². The van der Waals surface area contributed by atoms with E-state index < -0.39 is 0 Å². The Balaban J connectivity index is 0.00000225. The van der Waals surface area contributed by atoms with Gasteiger partial charge in [0.2, 0.25) is 5.91 Å². The Bertz CT molecular complexity index is 777. The standard InChI is InChI=1S/C22H27N3OS.ClH/c1-22(11-13-23-14-12-22)16-24-21(26)10-15-25-17-6-2-4-8-19(17)27-20-9-5-3-7-18(20)25;/h2-9,23H,10-16H2,1H3,(H,24,26);1H. The highest BCUT2D eigenvalue weighted by molar-refractivity contribution is 7.99. The summed E-state index contributed by atoms with van der Waals surface area (Å²) in [7, 11) is 0. The van der Waals surface area contributed by atoms with Gasteiger partial charge >= 0.3 is 0 Å². The molecule has 0 aliphatic carbocycles. The van der Waals surface area contributed by atoms with E-state index >= 15 is 0 Å². The Hall–Kier alpha value is -1.69. The number of nitrogens with zero attached hydrogens (tertiary/aromatic N) is 1. The molecule has 4 rings (SSSR count). The molecule has 150 valence electrons. The molecule has 4 nitrogen and oxygen atoms in total. The van der Waals surface area contributed by atoms with Crippen molar-refractivity contribution in [3.63, 3.8) is 0 Å². The zero-order valence-corrected chi connectivity index (χ0v) is 17.9. The molecule has 1 amide bonds. The van der Waals surface area contributed by atoms with Crippen molar-refractivity contribution >= 4 is 41.5 Å². The topological polar surface area (TPSA) is 44.4 Å². The molecular weight excluding hydrogens is 390 g/mol. The third kappa shape index (κ3) is 4.65. The van der Waals surface area contributed by atoms with Crippen molar-refractivity contribution in [2.45, 2.75) is 36.0 Å². The number of fused-ring (bicyclic) bond motifs is 2. The average Bonchev–Trinajstić information content (AvgIpc) is 2.70. The van der Waals surface area contributed by atoms with Gasteiger partial charge in [0.05, 0.1) is 11.4 Å². The van der Waals surface area contributed by atoms with Crippen LogP contribution < -0.4 is 15.5 Å². The van der Waals surface area contributed by atoms with Crippen molar-refractivity contribution in [1.82, 2.24) is 10.6 Å². The van der Waals surface area contributed by atoms with Crippen LogP contribution in [-0.4, -0.2) is 32.1 Å². The fourth-order valence-electron chi connectivity index (χ4n) is 3.84. The third-order valence-electron chi connectivity index (χ3n) is 5.62. The van der Waals surface area contributed by atoms with Gasteiger partial charge in [-0.1, -0.05) is 43.0 Å². The van der Waals surface area contributed by atoms with Crippen molar-refractivity contribution in [2.75, 3.05) is 31.1 Å². The van der Waals surface area contributed by atoms with E-state index in [4.69, 9.17) is 0 Å². The number of carbonyl (C=O) groups is 1. The molecule has 1 fully saturated rings. The number of amides is 1. The fourth-order valence-corrected chi connectivity index (χ4v) is 4.94. The number of nitrogens with one attached hydrogen (secondary N) is 2. The summed E-state index contributed by atoms with van der Waals surface area (Å²) in [5.41, 5.74) is 2.61. The lowest BCUT2D eigenvalue weighted by Crippen LogP contribution is -2.43. The summed E-state index contributed by atoms with van der Waals surface area (Å²) >= 11 is 1.80. The van der Waals surface area contributed by atoms with Gasteiger partial charge < -0.3 is 15.5 Å². The minimum absolute atomic E-state index is 0. The molecule has 2 heterocycles. The van der Waals surface area contributed by atoms with Gasteiger partial charge in [0, 0.05) is 29.3 Å². The van der Waals surface area contributed by atoms with Crippen LogP contribution in [0, 0.1) is 5.41 Å². The van der Waals surface area contributed by atoms with Crippen molar-refractivity contribution in [3.8, 4) is 0 Å². The summed E-state index contributed by atoms with van der Waals surface area (Å²) < 4.78 is 0. The highest BCUT2D eigenvalue weighted by Gasteiger charge is 2.27. The number of benzene rings is 2. The van der Waals surface area contributed by atoms with Gasteiger partial charge in [0.1, 0.15) is 0 Å². The molecule has 0 radical (unpaired) electrons. The molecule has 2 aliphatic heterocycles. The summed E-state index contributed by atoms with van der Waals surface area (Å²) in [4.78, 5) is 17.3. The van der Waals surface area contributed by atoms with Gasteiger partial charge in [0.25, 0.3) is 0 Å². The number of para-hydroxylation sites is 2. The summed E-state index contributed by atoms with van der Waals surface area (Å²) in [6, 6.07) is 16.9. The monoisotopic (exact) mass is 417 g/mol. The number of piperidine rings is 1. The molecule has 2 aromatic carbocycles. The Labute approximate surface area is 177 Å². The molecule has 2 N–H and O–H groups in total. The van der Waals surface area contributed by atoms with Crippen LogP contribution in [0.5, 0.6) is 0 Å². The quantitative estimate of drug-likeness (QED) is 0.745. The highest BCUT2D eigenvalue weighted by atomic mass is 35.5. The smallest absolute Gasteiger partial charge is 0.221 e. The van der Waals surface area contributed by atoms with Crippen LogP contribution in [0.25, 0.3) is 0 Å². The number of anilines is 2. The number of halogens is 1. The molecule has 0 atom stereocenters. The Morgan fingerprint density at radius 3 is 2.25 bits per heavy atom. The Kier molecular flexibility index (Phi) is 6.91. The van der Waals surface area contributed by atoms with Gasteiger partial charge in [-0.2, -0.15) is 0 Å². The lowest BCUT2D eigenvalue weighted by molar-refractivity contribution is -0.121. The Morgan fingerprint density at radius 1 is 1.07 bits per heavy atom. The molecule has 1 saturated heterocycles. The van der Waals surface area contributed by atoms with Crippen LogP contribution in [0.2, 0.25) is 0 Å². The van der Waals surface area contributed by atoms with Gasteiger partial charge in [-0.3, -0.25) is 4.79 Å². The second kappa shape index (κ2) is 9.21. The van der Waals surface area contributed by atoms with E-state index in [0.29, 0.717) is 13.0 Å². The number of hydrogen-bond acceptors (Lipinski definition) is 4. The second-order valence-electron chi connectivity index (χ2n) is 7.78. The maximum Gasteiger partial charge on any atom is 0.221 e. The van der Waals surface area contributed by atoms with Crippen LogP contribution in [0.15, 0.2) is 58.3 Å². The fraction of sp³-hybridized carbons (Fsp3) is 0.409. The van der Waals surface area contributed by atoms with Crippen molar-refractivity contribution in [1.29, 1.82) is 0 Å². The first kappa shape index (κ1) is 21.0. The molecular formula is C22H28ClN3OS. The third-order valence-corrected chi connectivity index (χ3v) is 6.75. The summed E-state index contributed by atoms with van der Waals surface area (Å²) in [6.45, 7) is 5.84. The lowest BCUT2D eigenvalue weighted by Gasteiger charge is -2.34. The van der Waals surface area contributed by atoms with Gasteiger partial charge in [-0.05, 0) is 55.6 Å². The van der Waals surface area contributed by atoms with Gasteiger partial charge in [-0.15, -0.1) is 12.4 Å². The van der Waals surface area contributed by atoms with Gasteiger partial charge in [0.15, 0.2) is 0 Å². The molecule has 6 heteroatoms. The molecule has 0 spiro atoms. The van der Waals surface area contributed by atoms with Crippen LogP contribution in [0.3, 0.4) is 0 Å². The van der Waals surface area contributed by atoms with Crippen molar-refractivity contribution in [3.05, 3.63) is 48.5 Å². The van der Waals surface area contributed by atoms with Crippen LogP contribution >= 0.6 is 24.2 Å². The summed E-state index contributed by atoms with van der Waals surface area (Å²) in [5.74, 6) is 0.142. The molecule has 0 aromatic heterocycles. The zero-order chi connectivity index (χ0) is 18.7. The normalized spacial score (nSPS) is 17.1. The maximum absolute atomic E-state index is 12.5. The average molecular weight is 418 g/mol. The van der Waals surface area contributed by atoms with Crippen molar-refractivity contribution < 1.29 is 4.79 Å². The van der Waals surface area contributed by atoms with E-state index in [9.17, 15) is 4.79 Å². The van der Waals surface area contributed by atoms with Crippen LogP contribution in [0.1, 0.15) is 26.2 Å². The summed E-state index contributed by atoms with van der Waals surface area (Å²) in [6.07, 6.45) is 2.75. The number of rotatable bonds is 5. The second-order valence-corrected chi connectivity index (χ2v) is 8.86. The number of hydrogen-bond donors (Lipinski definition) is 2. The highest BCUT2D eigenvalue weighted by Crippen LogP contribution is 2.47. The van der Waals surface area contributed by atoms with E-state index in [1.807, 2.05) is 0 Å².